The monoisotopic (exact) mass is 327 g/mol. The number of rotatable bonds is 7. The van der Waals surface area contributed by atoms with Crippen LogP contribution in [0.4, 0.5) is 0 Å². The minimum atomic E-state index is 0.0137. The Hall–Kier alpha value is -1.90. The van der Waals surface area contributed by atoms with Gasteiger partial charge in [-0.05, 0) is 62.8 Å². The lowest BCUT2D eigenvalue weighted by Gasteiger charge is -2.08. The van der Waals surface area contributed by atoms with E-state index in [0.29, 0.717) is 10.6 Å². The van der Waals surface area contributed by atoms with Crippen LogP contribution in [0.5, 0.6) is 0 Å². The second-order valence-corrected chi connectivity index (χ2v) is 6.29. The van der Waals surface area contributed by atoms with Crippen molar-refractivity contribution in [1.29, 1.82) is 0 Å². The maximum atomic E-state index is 12.2. The number of ketones is 1. The predicted octanol–water partition coefficient (Wildman–Crippen LogP) is 4.73. The van der Waals surface area contributed by atoms with Crippen molar-refractivity contribution in [2.75, 3.05) is 20.6 Å². The molecule has 0 fully saturated rings. The van der Waals surface area contributed by atoms with E-state index in [-0.39, 0.29) is 5.78 Å². The molecule has 0 heterocycles. The van der Waals surface area contributed by atoms with Gasteiger partial charge in [0.25, 0.3) is 0 Å². The molecule has 0 aliphatic heterocycles. The van der Waals surface area contributed by atoms with E-state index in [4.69, 9.17) is 11.6 Å². The third-order valence-electron chi connectivity index (χ3n) is 3.61. The maximum Gasteiger partial charge on any atom is 0.185 e. The summed E-state index contributed by atoms with van der Waals surface area (Å²) in [4.78, 5) is 14.4. The van der Waals surface area contributed by atoms with Crippen LogP contribution >= 0.6 is 11.6 Å². The van der Waals surface area contributed by atoms with Crippen molar-refractivity contribution in [2.24, 2.45) is 0 Å². The number of nitrogens with zero attached hydrogens (tertiary/aromatic N) is 1. The molecule has 0 spiro atoms. The molecule has 2 aromatic rings. The standard InChI is InChI=1S/C20H22ClNO/c1-22(2)15-3-4-16-5-10-18(11-6-16)20(23)14-9-17-7-12-19(21)13-8-17/h5-14H,3-4,15H2,1-2H3. The third-order valence-corrected chi connectivity index (χ3v) is 3.86. The molecule has 3 heteroatoms. The van der Waals surface area contributed by atoms with E-state index in [9.17, 15) is 4.79 Å². The lowest BCUT2D eigenvalue weighted by atomic mass is 10.0. The third kappa shape index (κ3) is 6.01. The summed E-state index contributed by atoms with van der Waals surface area (Å²) in [5.41, 5.74) is 2.94. The van der Waals surface area contributed by atoms with E-state index >= 15 is 0 Å². The topological polar surface area (TPSA) is 20.3 Å². The zero-order chi connectivity index (χ0) is 16.7. The molecule has 0 bridgehead atoms. The van der Waals surface area contributed by atoms with Gasteiger partial charge >= 0.3 is 0 Å². The first-order valence-electron chi connectivity index (χ1n) is 7.76. The number of halogens is 1. The van der Waals surface area contributed by atoms with Crippen LogP contribution in [0.2, 0.25) is 5.02 Å². The Morgan fingerprint density at radius 1 is 1.04 bits per heavy atom. The number of aryl methyl sites for hydroxylation is 1. The van der Waals surface area contributed by atoms with Crippen molar-refractivity contribution in [3.8, 4) is 0 Å². The normalized spacial score (nSPS) is 11.3. The van der Waals surface area contributed by atoms with Crippen LogP contribution in [0.15, 0.2) is 54.6 Å². The van der Waals surface area contributed by atoms with E-state index < -0.39 is 0 Å². The van der Waals surface area contributed by atoms with Crippen molar-refractivity contribution < 1.29 is 4.79 Å². The summed E-state index contributed by atoms with van der Waals surface area (Å²) in [5, 5.41) is 0.693. The van der Waals surface area contributed by atoms with Crippen LogP contribution in [0.25, 0.3) is 6.08 Å². The minimum Gasteiger partial charge on any atom is -0.309 e. The first-order chi connectivity index (χ1) is 11.0. The SMILES string of the molecule is CN(C)CCCc1ccc(C(=O)C=Cc2ccc(Cl)cc2)cc1. The van der Waals surface area contributed by atoms with Crippen molar-refractivity contribution >= 4 is 23.5 Å². The fraction of sp³-hybridized carbons (Fsp3) is 0.250. The van der Waals surface area contributed by atoms with Crippen LogP contribution in [-0.2, 0) is 6.42 Å². The molecule has 120 valence electrons. The highest BCUT2D eigenvalue weighted by Gasteiger charge is 2.02. The second kappa shape index (κ2) is 8.66. The molecule has 2 aromatic carbocycles. The lowest BCUT2D eigenvalue weighted by molar-refractivity contribution is 0.104. The minimum absolute atomic E-state index is 0.0137. The number of allylic oxidation sites excluding steroid dienone is 1. The van der Waals surface area contributed by atoms with Gasteiger partial charge in [-0.25, -0.2) is 0 Å². The van der Waals surface area contributed by atoms with Gasteiger partial charge in [-0.1, -0.05) is 54.1 Å². The summed E-state index contributed by atoms with van der Waals surface area (Å²) in [5.74, 6) is 0.0137. The van der Waals surface area contributed by atoms with E-state index in [1.54, 1.807) is 6.08 Å². The van der Waals surface area contributed by atoms with Gasteiger partial charge in [-0.2, -0.15) is 0 Å². The van der Waals surface area contributed by atoms with Gasteiger partial charge in [0.2, 0.25) is 0 Å². The van der Waals surface area contributed by atoms with E-state index in [1.165, 1.54) is 5.56 Å². The molecule has 2 nitrogen and oxygen atoms in total. The van der Waals surface area contributed by atoms with E-state index in [2.05, 4.69) is 19.0 Å². The summed E-state index contributed by atoms with van der Waals surface area (Å²) in [6.45, 7) is 1.07. The molecule has 23 heavy (non-hydrogen) atoms. The Kier molecular flexibility index (Phi) is 6.57. The van der Waals surface area contributed by atoms with Crippen LogP contribution in [-0.4, -0.2) is 31.3 Å². The molecule has 0 aromatic heterocycles. The molecule has 0 unspecified atom stereocenters. The average Bonchev–Trinajstić information content (AvgIpc) is 2.54. The van der Waals surface area contributed by atoms with Gasteiger partial charge in [-0.15, -0.1) is 0 Å². The Morgan fingerprint density at radius 2 is 1.70 bits per heavy atom. The van der Waals surface area contributed by atoms with Crippen LogP contribution in [0, 0.1) is 0 Å². The molecule has 0 aliphatic carbocycles. The zero-order valence-electron chi connectivity index (χ0n) is 13.6. The van der Waals surface area contributed by atoms with E-state index in [0.717, 1.165) is 24.9 Å². The van der Waals surface area contributed by atoms with Gasteiger partial charge in [0.1, 0.15) is 0 Å². The highest BCUT2D eigenvalue weighted by Crippen LogP contribution is 2.12. The molecule has 0 saturated carbocycles. The van der Waals surface area contributed by atoms with Gasteiger partial charge < -0.3 is 4.90 Å². The van der Waals surface area contributed by atoms with Crippen LogP contribution in [0.1, 0.15) is 27.9 Å². The lowest BCUT2D eigenvalue weighted by Crippen LogP contribution is -2.13. The van der Waals surface area contributed by atoms with Crippen molar-refractivity contribution in [3.05, 3.63) is 76.3 Å². The highest BCUT2D eigenvalue weighted by atomic mass is 35.5. The molecule has 0 amide bonds. The van der Waals surface area contributed by atoms with Crippen molar-refractivity contribution in [2.45, 2.75) is 12.8 Å². The Bertz CT molecular complexity index is 657. The van der Waals surface area contributed by atoms with Crippen LogP contribution < -0.4 is 0 Å². The van der Waals surface area contributed by atoms with E-state index in [1.807, 2.05) is 54.6 Å². The fourth-order valence-corrected chi connectivity index (χ4v) is 2.40. The summed E-state index contributed by atoms with van der Waals surface area (Å²) < 4.78 is 0. The summed E-state index contributed by atoms with van der Waals surface area (Å²) in [6, 6.07) is 15.3. The molecular formula is C20H22ClNO. The fourth-order valence-electron chi connectivity index (χ4n) is 2.28. The first-order valence-corrected chi connectivity index (χ1v) is 8.14. The van der Waals surface area contributed by atoms with Crippen LogP contribution in [0.3, 0.4) is 0 Å². The zero-order valence-corrected chi connectivity index (χ0v) is 14.4. The van der Waals surface area contributed by atoms with Gasteiger partial charge in [0.15, 0.2) is 5.78 Å². The molecule has 0 N–H and O–H groups in total. The predicted molar refractivity (Wildman–Crippen MR) is 98.1 cm³/mol. The molecule has 2 rings (SSSR count). The highest BCUT2D eigenvalue weighted by molar-refractivity contribution is 6.30. The number of carbonyl (C=O) groups is 1. The Labute approximate surface area is 143 Å². The molecule has 0 saturated heterocycles. The maximum absolute atomic E-state index is 12.2. The van der Waals surface area contributed by atoms with Gasteiger partial charge in [0, 0.05) is 10.6 Å². The molecule has 0 radical (unpaired) electrons. The second-order valence-electron chi connectivity index (χ2n) is 5.85. The quantitative estimate of drug-likeness (QED) is 0.541. The molecule has 0 aliphatic rings. The summed E-state index contributed by atoms with van der Waals surface area (Å²) in [6.07, 6.45) is 5.57. The van der Waals surface area contributed by atoms with Crippen molar-refractivity contribution in [3.63, 3.8) is 0 Å². The summed E-state index contributed by atoms with van der Waals surface area (Å²) in [7, 11) is 4.16. The number of hydrogen-bond donors (Lipinski definition) is 0. The average molecular weight is 328 g/mol. The van der Waals surface area contributed by atoms with Crippen molar-refractivity contribution in [1.82, 2.24) is 4.90 Å². The first kappa shape index (κ1) is 17.5. The van der Waals surface area contributed by atoms with Gasteiger partial charge in [-0.3, -0.25) is 4.79 Å². The Morgan fingerprint density at radius 3 is 2.30 bits per heavy atom. The Balaban J connectivity index is 1.93. The number of carbonyl (C=O) groups excluding carboxylic acids is 1. The van der Waals surface area contributed by atoms with Gasteiger partial charge in [0.05, 0.1) is 0 Å². The smallest absolute Gasteiger partial charge is 0.185 e. The molecular weight excluding hydrogens is 306 g/mol. The largest absolute Gasteiger partial charge is 0.309 e. The summed E-state index contributed by atoms with van der Waals surface area (Å²) >= 11 is 5.84. The number of benzene rings is 2. The molecule has 0 atom stereocenters. The number of hydrogen-bond acceptors (Lipinski definition) is 2.